The van der Waals surface area contributed by atoms with Gasteiger partial charge in [0.15, 0.2) is 0 Å². The summed E-state index contributed by atoms with van der Waals surface area (Å²) in [5, 5.41) is 8.19. The Morgan fingerprint density at radius 1 is 1.43 bits per heavy atom. The van der Waals surface area contributed by atoms with Gasteiger partial charge < -0.3 is 10.1 Å². The Morgan fingerprint density at radius 2 is 2.29 bits per heavy atom. The first-order chi connectivity index (χ1) is 10.2. The van der Waals surface area contributed by atoms with Gasteiger partial charge in [0.05, 0.1) is 12.8 Å². The molecule has 0 radical (unpaired) electrons. The molecule has 0 amide bonds. The van der Waals surface area contributed by atoms with Crippen molar-refractivity contribution in [3.63, 3.8) is 0 Å². The average molecular weight is 285 g/mol. The van der Waals surface area contributed by atoms with Gasteiger partial charge in [-0.15, -0.1) is 0 Å². The zero-order valence-corrected chi connectivity index (χ0v) is 13.0. The normalized spacial score (nSPS) is 17.6. The van der Waals surface area contributed by atoms with Crippen LogP contribution >= 0.6 is 0 Å². The van der Waals surface area contributed by atoms with E-state index in [-0.39, 0.29) is 0 Å². The highest BCUT2D eigenvalue weighted by molar-refractivity contribution is 5.44. The van der Waals surface area contributed by atoms with E-state index in [1.165, 1.54) is 16.8 Å². The fraction of sp³-hybridized carbons (Fsp3) is 0.471. The molecule has 112 valence electrons. The number of nitrogens with one attached hydrogen (secondary N) is 1. The highest BCUT2D eigenvalue weighted by atomic mass is 16.5. The van der Waals surface area contributed by atoms with Crippen molar-refractivity contribution >= 4 is 0 Å². The Kier molecular flexibility index (Phi) is 3.97. The Bertz CT molecular complexity index is 633. The molecule has 0 saturated carbocycles. The van der Waals surface area contributed by atoms with Crippen LogP contribution in [0.2, 0.25) is 0 Å². The summed E-state index contributed by atoms with van der Waals surface area (Å²) in [6.45, 7) is 6.11. The minimum absolute atomic E-state index is 0.338. The SMILES string of the molecule is CCn1nc(C)cc1CC1NCCc2c(OC)cccc21. The number of benzene rings is 1. The number of nitrogens with zero attached hydrogens (tertiary/aromatic N) is 2. The molecule has 4 heteroatoms. The van der Waals surface area contributed by atoms with E-state index in [9.17, 15) is 0 Å². The van der Waals surface area contributed by atoms with Crippen LogP contribution in [0.25, 0.3) is 0 Å². The smallest absolute Gasteiger partial charge is 0.122 e. The minimum Gasteiger partial charge on any atom is -0.496 e. The summed E-state index contributed by atoms with van der Waals surface area (Å²) in [4.78, 5) is 0. The van der Waals surface area contributed by atoms with Crippen LogP contribution in [-0.2, 0) is 19.4 Å². The maximum absolute atomic E-state index is 5.51. The van der Waals surface area contributed by atoms with Gasteiger partial charge in [-0.3, -0.25) is 4.68 Å². The van der Waals surface area contributed by atoms with Crippen LogP contribution in [0.1, 0.15) is 35.5 Å². The largest absolute Gasteiger partial charge is 0.496 e. The number of ether oxygens (including phenoxy) is 1. The molecule has 3 rings (SSSR count). The van der Waals surface area contributed by atoms with Crippen molar-refractivity contribution in [1.82, 2.24) is 15.1 Å². The van der Waals surface area contributed by atoms with Gasteiger partial charge in [-0.25, -0.2) is 0 Å². The summed E-state index contributed by atoms with van der Waals surface area (Å²) >= 11 is 0. The van der Waals surface area contributed by atoms with Gasteiger partial charge in [-0.1, -0.05) is 12.1 Å². The van der Waals surface area contributed by atoms with Gasteiger partial charge in [-0.2, -0.15) is 5.10 Å². The molecule has 0 fully saturated rings. The van der Waals surface area contributed by atoms with E-state index in [1.807, 2.05) is 0 Å². The van der Waals surface area contributed by atoms with Crippen molar-refractivity contribution in [2.24, 2.45) is 0 Å². The molecule has 0 aliphatic carbocycles. The third-order valence-electron chi connectivity index (χ3n) is 4.23. The molecule has 0 bridgehead atoms. The number of fused-ring (bicyclic) bond motifs is 1. The first-order valence-corrected chi connectivity index (χ1v) is 7.65. The second-order valence-electron chi connectivity index (χ2n) is 5.58. The summed E-state index contributed by atoms with van der Waals surface area (Å²) in [5.41, 5.74) is 5.10. The van der Waals surface area contributed by atoms with Crippen LogP contribution in [0.15, 0.2) is 24.3 Å². The molecule has 4 nitrogen and oxygen atoms in total. The van der Waals surface area contributed by atoms with Crippen LogP contribution in [0, 0.1) is 6.92 Å². The second kappa shape index (κ2) is 5.90. The van der Waals surface area contributed by atoms with E-state index in [4.69, 9.17) is 4.74 Å². The van der Waals surface area contributed by atoms with Gasteiger partial charge in [0.25, 0.3) is 0 Å². The summed E-state index contributed by atoms with van der Waals surface area (Å²) < 4.78 is 7.62. The molecule has 1 aromatic heterocycles. The summed E-state index contributed by atoms with van der Waals surface area (Å²) in [7, 11) is 1.75. The molecule has 21 heavy (non-hydrogen) atoms. The molecule has 1 aliphatic rings. The molecular weight excluding hydrogens is 262 g/mol. The average Bonchev–Trinajstić information content (AvgIpc) is 2.86. The van der Waals surface area contributed by atoms with E-state index in [1.54, 1.807) is 7.11 Å². The van der Waals surface area contributed by atoms with E-state index >= 15 is 0 Å². The van der Waals surface area contributed by atoms with Crippen molar-refractivity contribution in [3.05, 3.63) is 46.8 Å². The second-order valence-corrected chi connectivity index (χ2v) is 5.58. The minimum atomic E-state index is 0.338. The standard InChI is InChI=1S/C17H23N3O/c1-4-20-13(10-12(2)19-20)11-16-14-6-5-7-17(21-3)15(14)8-9-18-16/h5-7,10,16,18H,4,8-9,11H2,1-3H3. The molecule has 0 saturated heterocycles. The first-order valence-electron chi connectivity index (χ1n) is 7.65. The van der Waals surface area contributed by atoms with E-state index in [2.05, 4.69) is 53.2 Å². The Morgan fingerprint density at radius 3 is 3.05 bits per heavy atom. The van der Waals surface area contributed by atoms with Crippen molar-refractivity contribution in [2.75, 3.05) is 13.7 Å². The monoisotopic (exact) mass is 285 g/mol. The van der Waals surface area contributed by atoms with E-state index < -0.39 is 0 Å². The molecule has 2 heterocycles. The lowest BCUT2D eigenvalue weighted by molar-refractivity contribution is 0.399. The lowest BCUT2D eigenvalue weighted by Gasteiger charge is -2.28. The zero-order valence-electron chi connectivity index (χ0n) is 13.0. The number of hydrogen-bond donors (Lipinski definition) is 1. The molecule has 1 aromatic carbocycles. The summed E-state index contributed by atoms with van der Waals surface area (Å²) in [6.07, 6.45) is 2.00. The maximum atomic E-state index is 5.51. The fourth-order valence-corrected chi connectivity index (χ4v) is 3.28. The molecular formula is C17H23N3O. The highest BCUT2D eigenvalue weighted by Gasteiger charge is 2.23. The van der Waals surface area contributed by atoms with Gasteiger partial charge in [-0.05, 0) is 44.5 Å². The zero-order chi connectivity index (χ0) is 14.8. The highest BCUT2D eigenvalue weighted by Crippen LogP contribution is 2.32. The van der Waals surface area contributed by atoms with Crippen LogP contribution in [0.3, 0.4) is 0 Å². The fourth-order valence-electron chi connectivity index (χ4n) is 3.28. The summed E-state index contributed by atoms with van der Waals surface area (Å²) in [6, 6.07) is 8.89. The predicted octanol–water partition coefficient (Wildman–Crippen LogP) is 2.65. The third-order valence-corrected chi connectivity index (χ3v) is 4.23. The number of rotatable bonds is 4. The Hall–Kier alpha value is -1.81. The van der Waals surface area contributed by atoms with Crippen molar-refractivity contribution in [1.29, 1.82) is 0 Å². The first kappa shape index (κ1) is 14.1. The Labute approximate surface area is 126 Å². The van der Waals surface area contributed by atoms with E-state index in [0.29, 0.717) is 6.04 Å². The van der Waals surface area contributed by atoms with Crippen LogP contribution < -0.4 is 10.1 Å². The quantitative estimate of drug-likeness (QED) is 0.938. The van der Waals surface area contributed by atoms with Crippen LogP contribution in [0.5, 0.6) is 5.75 Å². The van der Waals surface area contributed by atoms with Gasteiger partial charge in [0.2, 0.25) is 0 Å². The van der Waals surface area contributed by atoms with Gasteiger partial charge >= 0.3 is 0 Å². The number of aromatic nitrogens is 2. The van der Waals surface area contributed by atoms with Crippen molar-refractivity contribution in [3.8, 4) is 5.75 Å². The van der Waals surface area contributed by atoms with E-state index in [0.717, 1.165) is 37.4 Å². The Balaban J connectivity index is 1.92. The lowest BCUT2D eigenvalue weighted by Crippen LogP contribution is -2.32. The third kappa shape index (κ3) is 2.68. The molecule has 1 atom stereocenters. The van der Waals surface area contributed by atoms with Crippen molar-refractivity contribution < 1.29 is 4.74 Å². The number of aryl methyl sites for hydroxylation is 2. The predicted molar refractivity (Wildman–Crippen MR) is 83.8 cm³/mol. The van der Waals surface area contributed by atoms with Crippen molar-refractivity contribution in [2.45, 2.75) is 39.3 Å². The summed E-state index contributed by atoms with van der Waals surface area (Å²) in [5.74, 6) is 1.01. The molecule has 1 unspecified atom stereocenters. The van der Waals surface area contributed by atoms with Gasteiger partial charge in [0, 0.05) is 30.3 Å². The van der Waals surface area contributed by atoms with Crippen LogP contribution in [0.4, 0.5) is 0 Å². The molecule has 1 aliphatic heterocycles. The molecule has 1 N–H and O–H groups in total. The lowest BCUT2D eigenvalue weighted by atomic mass is 9.91. The molecule has 2 aromatic rings. The van der Waals surface area contributed by atoms with Crippen LogP contribution in [-0.4, -0.2) is 23.4 Å². The maximum Gasteiger partial charge on any atom is 0.122 e. The topological polar surface area (TPSA) is 39.1 Å². The number of methoxy groups -OCH3 is 1. The molecule has 0 spiro atoms. The number of hydrogen-bond acceptors (Lipinski definition) is 3. The van der Waals surface area contributed by atoms with Gasteiger partial charge in [0.1, 0.15) is 5.75 Å².